The maximum Gasteiger partial charge on any atom is 0.135 e. The summed E-state index contributed by atoms with van der Waals surface area (Å²) in [4.78, 5) is 5.43. The summed E-state index contributed by atoms with van der Waals surface area (Å²) in [5.41, 5.74) is 26.3. The average Bonchev–Trinajstić information content (AvgIpc) is 3.73. The molecule has 3 aromatic carbocycles. The van der Waals surface area contributed by atoms with E-state index in [1.807, 2.05) is 12.1 Å². The molecule has 0 saturated carbocycles. The maximum atomic E-state index is 7.11. The van der Waals surface area contributed by atoms with Gasteiger partial charge in [0.2, 0.25) is 0 Å². The molecule has 4 aromatic rings. The first kappa shape index (κ1) is 40.4. The van der Waals surface area contributed by atoms with E-state index in [1.54, 1.807) is 0 Å². The fourth-order valence-corrected chi connectivity index (χ4v) is 10.3. The zero-order valence-electron chi connectivity index (χ0n) is 36.5. The number of benzene rings is 3. The number of allylic oxidation sites excluding steroid dienone is 19. The minimum Gasteiger partial charge on any atom is -0.456 e. The van der Waals surface area contributed by atoms with Crippen molar-refractivity contribution >= 4 is 34.0 Å². The van der Waals surface area contributed by atoms with Crippen molar-refractivity contribution in [1.82, 2.24) is 5.32 Å². The number of nitrogens with one attached hydrogen (secondary N) is 1. The summed E-state index contributed by atoms with van der Waals surface area (Å²) in [6.07, 6.45) is 39.6. The second-order valence-corrected chi connectivity index (χ2v) is 17.7. The lowest BCUT2D eigenvalue weighted by molar-refractivity contribution is 0.586. The zero-order valence-corrected chi connectivity index (χ0v) is 36.5. The van der Waals surface area contributed by atoms with Crippen molar-refractivity contribution in [3.63, 3.8) is 0 Å². The summed E-state index contributed by atoms with van der Waals surface area (Å²) in [7, 11) is 0. The van der Waals surface area contributed by atoms with Gasteiger partial charge in [-0.05, 0) is 128 Å². The SMILES string of the molecule is C=C(C1=CC=CCC1)/C(C1=CCCCC1)=C1\NC(C2C=CC=CC2)=C(C2=CC=C(C(/C=C(\N)C3C=Cc4oc5ccccc5c4C3)=N/C(C)c3ccccc3)CC2)c2ccccc21. The molecule has 1 aromatic heterocycles. The van der Waals surface area contributed by atoms with Crippen LogP contribution in [-0.2, 0) is 6.42 Å². The van der Waals surface area contributed by atoms with E-state index in [1.165, 1.54) is 79.9 Å². The van der Waals surface area contributed by atoms with Crippen LogP contribution < -0.4 is 11.1 Å². The number of rotatable bonds is 10. The maximum absolute atomic E-state index is 7.11. The highest BCUT2D eigenvalue weighted by molar-refractivity contribution is 6.09. The molecule has 10 rings (SSSR count). The summed E-state index contributed by atoms with van der Waals surface area (Å²) < 4.78 is 6.19. The van der Waals surface area contributed by atoms with Crippen molar-refractivity contribution < 1.29 is 4.42 Å². The lowest BCUT2D eigenvalue weighted by atomic mass is 9.76. The Labute approximate surface area is 373 Å². The first-order valence-electron chi connectivity index (χ1n) is 23.1. The fraction of sp³-hybridized carbons (Fsp3) is 0.237. The molecule has 4 nitrogen and oxygen atoms in total. The van der Waals surface area contributed by atoms with Crippen LogP contribution in [0.1, 0.15) is 98.8 Å². The lowest BCUT2D eigenvalue weighted by Crippen LogP contribution is -2.28. The molecule has 5 aliphatic carbocycles. The van der Waals surface area contributed by atoms with Gasteiger partial charge in [0, 0.05) is 50.9 Å². The highest BCUT2D eigenvalue weighted by atomic mass is 16.3. The van der Waals surface area contributed by atoms with Gasteiger partial charge in [-0.2, -0.15) is 0 Å². The van der Waals surface area contributed by atoms with Crippen LogP contribution in [-0.4, -0.2) is 5.71 Å². The lowest BCUT2D eigenvalue weighted by Gasteiger charge is -2.35. The molecule has 4 heteroatoms. The van der Waals surface area contributed by atoms with Crippen LogP contribution >= 0.6 is 0 Å². The smallest absolute Gasteiger partial charge is 0.135 e. The molecule has 1 aliphatic heterocycles. The third-order valence-corrected chi connectivity index (χ3v) is 13.7. The van der Waals surface area contributed by atoms with Crippen LogP contribution in [0.5, 0.6) is 0 Å². The Hall–Kier alpha value is -6.65. The minimum absolute atomic E-state index is 0.0356. The van der Waals surface area contributed by atoms with Gasteiger partial charge in [-0.3, -0.25) is 4.99 Å². The van der Waals surface area contributed by atoms with Crippen LogP contribution in [0.15, 0.2) is 213 Å². The second kappa shape index (κ2) is 18.0. The number of para-hydroxylation sites is 1. The van der Waals surface area contributed by atoms with Crippen LogP contribution in [0.3, 0.4) is 0 Å². The molecule has 3 unspecified atom stereocenters. The van der Waals surface area contributed by atoms with E-state index in [2.05, 4.69) is 158 Å². The molecule has 314 valence electrons. The zero-order chi connectivity index (χ0) is 42.7. The van der Waals surface area contributed by atoms with Crippen molar-refractivity contribution in [3.8, 4) is 0 Å². The van der Waals surface area contributed by atoms with Gasteiger partial charge < -0.3 is 15.5 Å². The van der Waals surface area contributed by atoms with E-state index in [-0.39, 0.29) is 17.9 Å². The highest BCUT2D eigenvalue weighted by Crippen LogP contribution is 2.47. The Morgan fingerprint density at radius 3 is 2.43 bits per heavy atom. The van der Waals surface area contributed by atoms with Crippen molar-refractivity contribution in [2.24, 2.45) is 22.6 Å². The highest BCUT2D eigenvalue weighted by Gasteiger charge is 2.32. The predicted molar refractivity (Wildman–Crippen MR) is 264 cm³/mol. The minimum atomic E-state index is -0.0356. The van der Waals surface area contributed by atoms with Gasteiger partial charge in [-0.15, -0.1) is 0 Å². The Morgan fingerprint density at radius 2 is 1.65 bits per heavy atom. The topological polar surface area (TPSA) is 63.5 Å². The molecule has 3 atom stereocenters. The van der Waals surface area contributed by atoms with E-state index >= 15 is 0 Å². The Bertz CT molecular complexity index is 2850. The molecule has 0 spiro atoms. The van der Waals surface area contributed by atoms with E-state index < -0.39 is 0 Å². The molecule has 0 radical (unpaired) electrons. The standard InChI is InChI=1S/C59H57N3O/c1-39(41-19-7-3-8-20-41)56(44-23-11-5-12-24-44)59-50-29-16-15-28-49(50)57(58(62-59)46-25-13-6-14-26-46)45-33-31-43(32-34-45)53(61-40(2)42-21-9-4-10-22-42)38-52(60)47-35-36-55-51(37-47)48-27-17-18-30-54(48)63-55/h3-4,6-7,9-10,13-19,21-23,25,27-31,33,35-36,38,40,46-47,62H,1,5,8,11-12,20,24,26,32,34,37,60H2,2H3/b52-38-,59-56+,61-53+. The Kier molecular flexibility index (Phi) is 11.5. The molecule has 0 amide bonds. The molecule has 0 saturated heterocycles. The third-order valence-electron chi connectivity index (χ3n) is 13.7. The van der Waals surface area contributed by atoms with Gasteiger partial charge in [0.25, 0.3) is 0 Å². The summed E-state index contributed by atoms with van der Waals surface area (Å²) in [5.74, 6) is 1.19. The van der Waals surface area contributed by atoms with E-state index in [0.717, 1.165) is 85.1 Å². The van der Waals surface area contributed by atoms with E-state index in [9.17, 15) is 0 Å². The van der Waals surface area contributed by atoms with Gasteiger partial charge >= 0.3 is 0 Å². The van der Waals surface area contributed by atoms with Crippen LogP contribution in [0, 0.1) is 11.8 Å². The summed E-state index contributed by atoms with van der Waals surface area (Å²) >= 11 is 0. The van der Waals surface area contributed by atoms with Crippen molar-refractivity contribution in [1.29, 1.82) is 0 Å². The second-order valence-electron chi connectivity index (χ2n) is 17.7. The summed E-state index contributed by atoms with van der Waals surface area (Å²) in [6.45, 7) is 7.03. The normalized spacial score (nSPS) is 22.4. The van der Waals surface area contributed by atoms with Gasteiger partial charge in [0.05, 0.1) is 17.5 Å². The van der Waals surface area contributed by atoms with Crippen LogP contribution in [0.4, 0.5) is 0 Å². The molecule has 0 bridgehead atoms. The number of nitrogens with two attached hydrogens (primary N) is 1. The van der Waals surface area contributed by atoms with Gasteiger partial charge in [-0.25, -0.2) is 0 Å². The van der Waals surface area contributed by atoms with Crippen LogP contribution in [0.2, 0.25) is 0 Å². The monoisotopic (exact) mass is 823 g/mol. The van der Waals surface area contributed by atoms with E-state index in [4.69, 9.17) is 21.7 Å². The number of nitrogens with zero attached hydrogens (tertiary/aromatic N) is 1. The Morgan fingerprint density at radius 1 is 0.810 bits per heavy atom. The number of aliphatic imine (C=N–C) groups is 1. The first-order valence-corrected chi connectivity index (χ1v) is 23.1. The van der Waals surface area contributed by atoms with Gasteiger partial charge in [-0.1, -0.05) is 146 Å². The number of hydrogen-bond donors (Lipinski definition) is 2. The molecule has 63 heavy (non-hydrogen) atoms. The third kappa shape index (κ3) is 8.23. The van der Waals surface area contributed by atoms with Crippen molar-refractivity contribution in [2.75, 3.05) is 0 Å². The van der Waals surface area contributed by atoms with Gasteiger partial charge in [0.15, 0.2) is 0 Å². The summed E-state index contributed by atoms with van der Waals surface area (Å²) in [5, 5.41) is 5.37. The molecule has 2 heterocycles. The molecule has 6 aliphatic rings. The largest absolute Gasteiger partial charge is 0.456 e. The average molecular weight is 824 g/mol. The molecular weight excluding hydrogens is 767 g/mol. The fourth-order valence-electron chi connectivity index (χ4n) is 10.3. The number of furan rings is 1. The first-order chi connectivity index (χ1) is 31.0. The number of hydrogen-bond acceptors (Lipinski definition) is 4. The predicted octanol–water partition coefficient (Wildman–Crippen LogP) is 14.5. The van der Waals surface area contributed by atoms with Crippen LogP contribution in [0.25, 0.3) is 28.3 Å². The van der Waals surface area contributed by atoms with Gasteiger partial charge in [0.1, 0.15) is 11.3 Å². The molecule has 3 N–H and O–H groups in total. The summed E-state index contributed by atoms with van der Waals surface area (Å²) in [6, 6.07) is 27.9. The number of fused-ring (bicyclic) bond motifs is 4. The Balaban J connectivity index is 1.06. The quantitative estimate of drug-likeness (QED) is 0.157. The van der Waals surface area contributed by atoms with Crippen molar-refractivity contribution in [3.05, 3.63) is 231 Å². The van der Waals surface area contributed by atoms with E-state index in [0.29, 0.717) is 0 Å². The molecule has 0 fully saturated rings. The molecular formula is C59H57N3O. The van der Waals surface area contributed by atoms with Crippen molar-refractivity contribution in [2.45, 2.75) is 77.2 Å².